The van der Waals surface area contributed by atoms with Crippen LogP contribution in [-0.2, 0) is 11.3 Å². The number of benzene rings is 1. The summed E-state index contributed by atoms with van der Waals surface area (Å²) in [6.07, 6.45) is 4.15. The van der Waals surface area contributed by atoms with Gasteiger partial charge in [0.15, 0.2) is 0 Å². The van der Waals surface area contributed by atoms with E-state index in [4.69, 9.17) is 0 Å². The molecule has 4 nitrogen and oxygen atoms in total. The summed E-state index contributed by atoms with van der Waals surface area (Å²) >= 11 is 0. The summed E-state index contributed by atoms with van der Waals surface area (Å²) in [6, 6.07) is 9.05. The number of aromatic nitrogens is 1. The second kappa shape index (κ2) is 7.39. The number of piperidine rings is 1. The van der Waals surface area contributed by atoms with E-state index < -0.39 is 0 Å². The molecule has 2 aromatic rings. The molecule has 1 aromatic carbocycles. The predicted molar refractivity (Wildman–Crippen MR) is 98.7 cm³/mol. The number of rotatable bonds is 5. The van der Waals surface area contributed by atoms with Gasteiger partial charge in [0.2, 0.25) is 5.91 Å². The molecule has 1 fully saturated rings. The molecule has 4 heteroatoms. The monoisotopic (exact) mass is 327 g/mol. The van der Waals surface area contributed by atoms with Crippen molar-refractivity contribution in [2.75, 3.05) is 13.1 Å². The van der Waals surface area contributed by atoms with Gasteiger partial charge in [-0.2, -0.15) is 0 Å². The van der Waals surface area contributed by atoms with E-state index in [1.165, 1.54) is 16.5 Å². The average molecular weight is 327 g/mol. The fourth-order valence-corrected chi connectivity index (χ4v) is 3.83. The van der Waals surface area contributed by atoms with E-state index in [2.05, 4.69) is 46.4 Å². The number of likely N-dealkylation sites (tertiary alicyclic amines) is 1. The first kappa shape index (κ1) is 17.0. The molecular weight excluding hydrogens is 298 g/mol. The third kappa shape index (κ3) is 3.48. The molecule has 1 aromatic heterocycles. The second-order valence-corrected chi connectivity index (χ2v) is 7.24. The van der Waals surface area contributed by atoms with Crippen LogP contribution in [0.2, 0.25) is 0 Å². The summed E-state index contributed by atoms with van der Waals surface area (Å²) < 4.78 is 0. The van der Waals surface area contributed by atoms with Gasteiger partial charge in [0.05, 0.1) is 0 Å². The minimum absolute atomic E-state index is 0.0956. The van der Waals surface area contributed by atoms with Crippen LogP contribution < -0.4 is 5.32 Å². The van der Waals surface area contributed by atoms with Crippen LogP contribution in [0.15, 0.2) is 30.5 Å². The number of fused-ring (bicyclic) bond motifs is 1. The molecule has 1 saturated heterocycles. The van der Waals surface area contributed by atoms with Gasteiger partial charge in [-0.25, -0.2) is 0 Å². The highest BCUT2D eigenvalue weighted by atomic mass is 16.2. The smallest absolute Gasteiger partial charge is 0.225 e. The number of hydrogen-bond donors (Lipinski definition) is 2. The van der Waals surface area contributed by atoms with Crippen molar-refractivity contribution in [3.63, 3.8) is 0 Å². The van der Waals surface area contributed by atoms with Crippen LogP contribution in [0.1, 0.15) is 39.2 Å². The zero-order valence-electron chi connectivity index (χ0n) is 15.0. The maximum absolute atomic E-state index is 12.3. The highest BCUT2D eigenvalue weighted by Crippen LogP contribution is 2.23. The van der Waals surface area contributed by atoms with Crippen molar-refractivity contribution in [2.45, 2.75) is 46.2 Å². The molecule has 1 amide bonds. The van der Waals surface area contributed by atoms with Crippen molar-refractivity contribution in [1.82, 2.24) is 15.2 Å². The number of amides is 1. The van der Waals surface area contributed by atoms with Crippen LogP contribution in [0.25, 0.3) is 10.9 Å². The molecule has 130 valence electrons. The van der Waals surface area contributed by atoms with Gasteiger partial charge in [0.1, 0.15) is 0 Å². The van der Waals surface area contributed by atoms with E-state index in [0.717, 1.165) is 32.5 Å². The van der Waals surface area contributed by atoms with Crippen LogP contribution in [0.4, 0.5) is 0 Å². The van der Waals surface area contributed by atoms with Crippen molar-refractivity contribution in [1.29, 1.82) is 0 Å². The molecule has 0 bridgehead atoms. The lowest BCUT2D eigenvalue weighted by atomic mass is 9.89. The van der Waals surface area contributed by atoms with E-state index >= 15 is 0 Å². The molecule has 3 rings (SSSR count). The van der Waals surface area contributed by atoms with Gasteiger partial charge in [0, 0.05) is 48.7 Å². The minimum Gasteiger partial charge on any atom is -0.361 e. The van der Waals surface area contributed by atoms with E-state index in [1.54, 1.807) is 0 Å². The first-order chi connectivity index (χ1) is 11.6. The number of carbonyl (C=O) groups excluding carboxylic acids is 1. The van der Waals surface area contributed by atoms with Gasteiger partial charge >= 0.3 is 0 Å². The molecule has 0 spiro atoms. The molecule has 0 saturated carbocycles. The number of nitrogens with zero attached hydrogens (tertiary/aromatic N) is 1. The van der Waals surface area contributed by atoms with E-state index in [0.29, 0.717) is 17.9 Å². The molecule has 2 atom stereocenters. The Kier molecular flexibility index (Phi) is 5.24. The van der Waals surface area contributed by atoms with Gasteiger partial charge < -0.3 is 15.2 Å². The van der Waals surface area contributed by atoms with Crippen molar-refractivity contribution in [3.8, 4) is 0 Å². The molecule has 2 heterocycles. The maximum atomic E-state index is 12.3. The second-order valence-electron chi connectivity index (χ2n) is 7.24. The van der Waals surface area contributed by atoms with E-state index in [1.807, 2.05) is 20.0 Å². The zero-order valence-corrected chi connectivity index (χ0v) is 15.0. The van der Waals surface area contributed by atoms with Crippen LogP contribution in [-0.4, -0.2) is 34.9 Å². The number of hydrogen-bond acceptors (Lipinski definition) is 2. The highest BCUT2D eigenvalue weighted by molar-refractivity contribution is 5.82. The number of nitrogens with one attached hydrogen (secondary N) is 2. The molecule has 1 aliphatic rings. The first-order valence-corrected chi connectivity index (χ1v) is 9.17. The molecular formula is C20H29N3O. The molecule has 1 aliphatic heterocycles. The van der Waals surface area contributed by atoms with Gasteiger partial charge in [-0.05, 0) is 30.0 Å². The van der Waals surface area contributed by atoms with Crippen molar-refractivity contribution < 1.29 is 4.79 Å². The van der Waals surface area contributed by atoms with Gasteiger partial charge in [-0.3, -0.25) is 4.79 Å². The zero-order chi connectivity index (χ0) is 17.1. The highest BCUT2D eigenvalue weighted by Gasteiger charge is 2.30. The van der Waals surface area contributed by atoms with E-state index in [9.17, 15) is 4.79 Å². The molecule has 24 heavy (non-hydrogen) atoms. The summed E-state index contributed by atoms with van der Waals surface area (Å²) in [7, 11) is 0. The Labute approximate surface area is 144 Å². The molecule has 0 radical (unpaired) electrons. The lowest BCUT2D eigenvalue weighted by Crippen LogP contribution is -2.51. The van der Waals surface area contributed by atoms with Crippen molar-refractivity contribution >= 4 is 16.8 Å². The number of carbonyl (C=O) groups is 1. The molecule has 0 unspecified atom stereocenters. The standard InChI is InChI=1S/C20H29N3O/c1-4-15-13-23(20(24)14(2)3)11-9-18(15)22-12-16-6-5-7-19-17(16)8-10-21-19/h5-8,10,14-15,18,21-22H,4,9,11-13H2,1-3H3/t15-,18-/m0/s1. The Morgan fingerprint density at radius 2 is 2.21 bits per heavy atom. The third-order valence-electron chi connectivity index (χ3n) is 5.30. The Hall–Kier alpha value is -1.81. The third-order valence-corrected chi connectivity index (χ3v) is 5.30. The lowest BCUT2D eigenvalue weighted by Gasteiger charge is -2.39. The quantitative estimate of drug-likeness (QED) is 0.882. The summed E-state index contributed by atoms with van der Waals surface area (Å²) in [5, 5.41) is 5.05. The Morgan fingerprint density at radius 1 is 1.38 bits per heavy atom. The normalized spacial score (nSPS) is 21.6. The number of aromatic amines is 1. The van der Waals surface area contributed by atoms with Crippen LogP contribution in [0.5, 0.6) is 0 Å². The van der Waals surface area contributed by atoms with Crippen LogP contribution in [0, 0.1) is 11.8 Å². The molecule has 0 aliphatic carbocycles. The van der Waals surface area contributed by atoms with E-state index in [-0.39, 0.29) is 5.92 Å². The fraction of sp³-hybridized carbons (Fsp3) is 0.550. The topological polar surface area (TPSA) is 48.1 Å². The molecule has 2 N–H and O–H groups in total. The Bertz CT molecular complexity index is 691. The summed E-state index contributed by atoms with van der Waals surface area (Å²) in [5.41, 5.74) is 2.53. The van der Waals surface area contributed by atoms with Crippen molar-refractivity contribution in [3.05, 3.63) is 36.0 Å². The Morgan fingerprint density at radius 3 is 2.96 bits per heavy atom. The number of H-pyrrole nitrogens is 1. The predicted octanol–water partition coefficient (Wildman–Crippen LogP) is 3.54. The largest absolute Gasteiger partial charge is 0.361 e. The van der Waals surface area contributed by atoms with Gasteiger partial charge in [-0.15, -0.1) is 0 Å². The van der Waals surface area contributed by atoms with Crippen LogP contribution >= 0.6 is 0 Å². The summed E-state index contributed by atoms with van der Waals surface area (Å²) in [6.45, 7) is 8.86. The summed E-state index contributed by atoms with van der Waals surface area (Å²) in [4.78, 5) is 17.6. The van der Waals surface area contributed by atoms with Gasteiger partial charge in [-0.1, -0.05) is 39.3 Å². The average Bonchev–Trinajstić information content (AvgIpc) is 3.08. The van der Waals surface area contributed by atoms with Crippen molar-refractivity contribution in [2.24, 2.45) is 11.8 Å². The fourth-order valence-electron chi connectivity index (χ4n) is 3.83. The van der Waals surface area contributed by atoms with Gasteiger partial charge in [0.25, 0.3) is 0 Å². The van der Waals surface area contributed by atoms with Crippen LogP contribution in [0.3, 0.4) is 0 Å². The Balaban J connectivity index is 1.63. The SMILES string of the molecule is CC[C@H]1CN(C(=O)C(C)C)CC[C@@H]1NCc1cccc2[nH]ccc12. The summed E-state index contributed by atoms with van der Waals surface area (Å²) in [5.74, 6) is 0.925. The lowest BCUT2D eigenvalue weighted by molar-refractivity contribution is -0.136. The maximum Gasteiger partial charge on any atom is 0.225 e. The minimum atomic E-state index is 0.0956. The first-order valence-electron chi connectivity index (χ1n) is 9.17.